The third-order valence-corrected chi connectivity index (χ3v) is 4.92. The number of hydrogen-bond acceptors (Lipinski definition) is 3. The van der Waals surface area contributed by atoms with Crippen LogP contribution in [0.1, 0.15) is 11.1 Å². The van der Waals surface area contributed by atoms with Gasteiger partial charge >= 0.3 is 0 Å². The van der Waals surface area contributed by atoms with Gasteiger partial charge in [-0.25, -0.2) is 5.43 Å². The van der Waals surface area contributed by atoms with E-state index >= 15 is 0 Å². The minimum atomic E-state index is 0.414. The molecule has 0 aliphatic heterocycles. The van der Waals surface area contributed by atoms with E-state index in [-0.39, 0.29) is 0 Å². The van der Waals surface area contributed by atoms with E-state index < -0.39 is 0 Å². The maximum atomic E-state index is 6.06. The first-order chi connectivity index (χ1) is 12.6. The second-order valence-electron chi connectivity index (χ2n) is 5.63. The molecule has 0 bridgehead atoms. The normalized spacial score (nSPS) is 10.6. The molecule has 0 radical (unpaired) electrons. The predicted molar refractivity (Wildman–Crippen MR) is 112 cm³/mol. The summed E-state index contributed by atoms with van der Waals surface area (Å²) in [6.45, 7) is 1.02. The second-order valence-corrected chi connectivity index (χ2v) is 7.36. The summed E-state index contributed by atoms with van der Waals surface area (Å²) in [5.74, 6) is 0.807. The van der Waals surface area contributed by atoms with Gasteiger partial charge < -0.3 is 10.2 Å². The van der Waals surface area contributed by atoms with E-state index in [0.717, 1.165) is 27.0 Å². The molecule has 0 aliphatic rings. The van der Waals surface area contributed by atoms with Crippen LogP contribution in [0.3, 0.4) is 0 Å². The molecule has 0 unspecified atom stereocenters. The zero-order valence-electron chi connectivity index (χ0n) is 13.8. The lowest BCUT2D eigenvalue weighted by atomic mass is 10.2. The third-order valence-electron chi connectivity index (χ3n) is 3.69. The summed E-state index contributed by atoms with van der Waals surface area (Å²) in [5.41, 5.74) is 9.38. The van der Waals surface area contributed by atoms with Crippen LogP contribution >= 0.6 is 39.1 Å². The van der Waals surface area contributed by atoms with Crippen molar-refractivity contribution in [1.82, 2.24) is 5.43 Å². The molecule has 0 heterocycles. The van der Waals surface area contributed by atoms with Crippen LogP contribution in [0.2, 0.25) is 10.0 Å². The van der Waals surface area contributed by atoms with E-state index in [1.165, 1.54) is 0 Å². The number of halogens is 3. The molecule has 3 aromatic rings. The number of hydrazine groups is 1. The van der Waals surface area contributed by atoms with Gasteiger partial charge in [-0.3, -0.25) is 0 Å². The molecule has 0 aromatic heterocycles. The average molecular weight is 452 g/mol. The lowest BCUT2D eigenvalue weighted by Gasteiger charge is -2.14. The minimum absolute atomic E-state index is 0.414. The molecule has 0 atom stereocenters. The number of hydrogen-bond donors (Lipinski definition) is 2. The Kier molecular flexibility index (Phi) is 6.80. The smallest absolute Gasteiger partial charge is 0.124 e. The van der Waals surface area contributed by atoms with Gasteiger partial charge in [-0.05, 0) is 48.0 Å². The molecule has 0 saturated heterocycles. The first-order valence-electron chi connectivity index (χ1n) is 8.01. The van der Waals surface area contributed by atoms with Crippen LogP contribution in [-0.2, 0) is 13.2 Å². The number of anilines is 1. The Morgan fingerprint density at radius 3 is 2.46 bits per heavy atom. The SMILES string of the molecule is Clc1ccc(COc2ccc(Br)cc2CNNc2ccccc2)cc1Cl. The fraction of sp³-hybridized carbons (Fsp3) is 0.100. The Hall–Kier alpha value is -1.72. The topological polar surface area (TPSA) is 33.3 Å². The summed E-state index contributed by atoms with van der Waals surface area (Å²) >= 11 is 15.5. The van der Waals surface area contributed by atoms with Crippen molar-refractivity contribution in [2.24, 2.45) is 0 Å². The van der Waals surface area contributed by atoms with Crippen molar-refractivity contribution in [1.29, 1.82) is 0 Å². The zero-order valence-corrected chi connectivity index (χ0v) is 16.9. The van der Waals surface area contributed by atoms with Crippen molar-refractivity contribution in [3.05, 3.63) is 92.4 Å². The van der Waals surface area contributed by atoms with Gasteiger partial charge in [-0.2, -0.15) is 0 Å². The van der Waals surface area contributed by atoms with E-state index in [1.54, 1.807) is 6.07 Å². The van der Waals surface area contributed by atoms with Crippen molar-refractivity contribution in [2.75, 3.05) is 5.43 Å². The fourth-order valence-electron chi connectivity index (χ4n) is 2.38. The van der Waals surface area contributed by atoms with Gasteiger partial charge in [0.05, 0.1) is 10.0 Å². The molecule has 0 spiro atoms. The second kappa shape index (κ2) is 9.28. The molecule has 3 rings (SSSR count). The minimum Gasteiger partial charge on any atom is -0.489 e. The fourth-order valence-corrected chi connectivity index (χ4v) is 3.11. The highest BCUT2D eigenvalue weighted by atomic mass is 79.9. The Morgan fingerprint density at radius 1 is 0.885 bits per heavy atom. The summed E-state index contributed by atoms with van der Waals surface area (Å²) in [6, 6.07) is 21.4. The summed E-state index contributed by atoms with van der Waals surface area (Å²) in [4.78, 5) is 0. The van der Waals surface area contributed by atoms with Crippen LogP contribution in [-0.4, -0.2) is 0 Å². The molecule has 2 N–H and O–H groups in total. The maximum Gasteiger partial charge on any atom is 0.124 e. The quantitative estimate of drug-likeness (QED) is 0.405. The largest absolute Gasteiger partial charge is 0.489 e. The van der Waals surface area contributed by atoms with Crippen molar-refractivity contribution in [2.45, 2.75) is 13.2 Å². The molecular weight excluding hydrogens is 435 g/mol. The van der Waals surface area contributed by atoms with Crippen molar-refractivity contribution < 1.29 is 4.74 Å². The predicted octanol–water partition coefficient (Wildman–Crippen LogP) is 6.45. The summed E-state index contributed by atoms with van der Waals surface area (Å²) < 4.78 is 6.98. The van der Waals surface area contributed by atoms with Gasteiger partial charge in [0.2, 0.25) is 0 Å². The monoisotopic (exact) mass is 450 g/mol. The summed E-state index contributed by atoms with van der Waals surface area (Å²) in [5, 5.41) is 1.06. The van der Waals surface area contributed by atoms with Gasteiger partial charge in [0.25, 0.3) is 0 Å². The van der Waals surface area contributed by atoms with E-state index in [1.807, 2.05) is 60.7 Å². The Morgan fingerprint density at radius 2 is 1.69 bits per heavy atom. The van der Waals surface area contributed by atoms with E-state index in [2.05, 4.69) is 26.8 Å². The van der Waals surface area contributed by atoms with E-state index in [9.17, 15) is 0 Å². The number of para-hydroxylation sites is 1. The van der Waals surface area contributed by atoms with Crippen molar-refractivity contribution >= 4 is 44.8 Å². The molecule has 0 saturated carbocycles. The van der Waals surface area contributed by atoms with Gasteiger partial charge in [0.15, 0.2) is 0 Å². The first-order valence-corrected chi connectivity index (χ1v) is 9.56. The van der Waals surface area contributed by atoms with Crippen molar-refractivity contribution in [3.63, 3.8) is 0 Å². The van der Waals surface area contributed by atoms with Crippen LogP contribution in [0.15, 0.2) is 71.2 Å². The van der Waals surface area contributed by atoms with Gasteiger partial charge in [0, 0.05) is 22.3 Å². The van der Waals surface area contributed by atoms with Gasteiger partial charge in [-0.15, -0.1) is 0 Å². The first kappa shape index (κ1) is 19.1. The molecular formula is C20H17BrCl2N2O. The number of ether oxygens (including phenoxy) is 1. The number of rotatable bonds is 7. The van der Waals surface area contributed by atoms with Crippen LogP contribution < -0.4 is 15.6 Å². The van der Waals surface area contributed by atoms with Gasteiger partial charge in [0.1, 0.15) is 12.4 Å². The molecule has 134 valence electrons. The van der Waals surface area contributed by atoms with Crippen LogP contribution in [0.25, 0.3) is 0 Å². The number of benzene rings is 3. The Balaban J connectivity index is 1.64. The lowest BCUT2D eigenvalue weighted by molar-refractivity contribution is 0.302. The van der Waals surface area contributed by atoms with Crippen LogP contribution in [0.5, 0.6) is 5.75 Å². The lowest BCUT2D eigenvalue weighted by Crippen LogP contribution is -2.21. The van der Waals surface area contributed by atoms with E-state index in [4.69, 9.17) is 27.9 Å². The zero-order chi connectivity index (χ0) is 18.4. The molecule has 6 heteroatoms. The van der Waals surface area contributed by atoms with Crippen LogP contribution in [0.4, 0.5) is 5.69 Å². The number of nitrogens with one attached hydrogen (secondary N) is 2. The Bertz CT molecular complexity index is 875. The van der Waals surface area contributed by atoms with Crippen LogP contribution in [0, 0.1) is 0 Å². The Labute approximate surface area is 171 Å². The summed E-state index contributed by atoms with van der Waals surface area (Å²) in [6.07, 6.45) is 0. The highest BCUT2D eigenvalue weighted by Crippen LogP contribution is 2.26. The molecule has 0 fully saturated rings. The average Bonchev–Trinajstić information content (AvgIpc) is 2.65. The molecule has 0 aliphatic carbocycles. The molecule has 3 aromatic carbocycles. The third kappa shape index (κ3) is 5.39. The summed E-state index contributed by atoms with van der Waals surface area (Å²) in [7, 11) is 0. The molecule has 3 nitrogen and oxygen atoms in total. The molecule has 0 amide bonds. The maximum absolute atomic E-state index is 6.06. The highest BCUT2D eigenvalue weighted by molar-refractivity contribution is 9.10. The van der Waals surface area contributed by atoms with E-state index in [0.29, 0.717) is 23.2 Å². The highest BCUT2D eigenvalue weighted by Gasteiger charge is 2.06. The van der Waals surface area contributed by atoms with Crippen molar-refractivity contribution in [3.8, 4) is 5.75 Å². The standard InChI is InChI=1S/C20H17BrCl2N2O/c21-16-7-9-20(26-13-14-6-8-18(22)19(23)10-14)15(11-16)12-24-25-17-4-2-1-3-5-17/h1-11,24-25H,12-13H2. The van der Waals surface area contributed by atoms with Gasteiger partial charge in [-0.1, -0.05) is 63.4 Å². The molecule has 26 heavy (non-hydrogen) atoms.